The third-order valence-corrected chi connectivity index (χ3v) is 3.61. The van der Waals surface area contributed by atoms with Gasteiger partial charge in [0.1, 0.15) is 5.54 Å². The van der Waals surface area contributed by atoms with Crippen LogP contribution in [0.15, 0.2) is 0 Å². The Hall–Kier alpha value is -0.610. The van der Waals surface area contributed by atoms with Gasteiger partial charge in [-0.3, -0.25) is 4.79 Å². The molecule has 0 unspecified atom stereocenters. The summed E-state index contributed by atoms with van der Waals surface area (Å²) in [5, 5.41) is 12.8. The van der Waals surface area contributed by atoms with Gasteiger partial charge in [-0.15, -0.1) is 0 Å². The normalized spacial score (nSPS) is 20.2. The first-order valence-corrected chi connectivity index (χ1v) is 6.70. The van der Waals surface area contributed by atoms with E-state index in [0.717, 1.165) is 45.2 Å². The van der Waals surface area contributed by atoms with E-state index >= 15 is 0 Å². The lowest BCUT2D eigenvalue weighted by molar-refractivity contribution is -0.145. The first-order chi connectivity index (χ1) is 8.07. The molecule has 0 bridgehead atoms. The molecule has 4 nitrogen and oxygen atoms in total. The highest BCUT2D eigenvalue weighted by molar-refractivity contribution is 5.78. The van der Waals surface area contributed by atoms with Crippen LogP contribution in [0, 0.1) is 0 Å². The number of carbonyl (C=O) groups is 1. The minimum atomic E-state index is -0.663. The molecule has 0 atom stereocenters. The minimum absolute atomic E-state index is 0.650. The van der Waals surface area contributed by atoms with Crippen LogP contribution in [0.25, 0.3) is 0 Å². The molecular formula is C13H26N2O2. The third kappa shape index (κ3) is 4.64. The number of nitrogens with zero attached hydrogens (tertiary/aromatic N) is 1. The van der Waals surface area contributed by atoms with Crippen LogP contribution in [0.1, 0.15) is 44.9 Å². The summed E-state index contributed by atoms with van der Waals surface area (Å²) >= 11 is 0. The van der Waals surface area contributed by atoms with E-state index in [9.17, 15) is 9.90 Å². The number of hydrogen-bond acceptors (Lipinski definition) is 3. The summed E-state index contributed by atoms with van der Waals surface area (Å²) in [6.45, 7) is 1.80. The number of carboxylic acid groups (broad SMARTS) is 1. The molecule has 1 rings (SSSR count). The van der Waals surface area contributed by atoms with Crippen LogP contribution in [0.2, 0.25) is 0 Å². The van der Waals surface area contributed by atoms with Crippen LogP contribution < -0.4 is 5.32 Å². The summed E-state index contributed by atoms with van der Waals surface area (Å²) in [6.07, 6.45) is 6.99. The van der Waals surface area contributed by atoms with E-state index in [0.29, 0.717) is 0 Å². The summed E-state index contributed by atoms with van der Waals surface area (Å²) in [7, 11) is 4.08. The Balaban J connectivity index is 2.44. The molecule has 0 aliphatic heterocycles. The summed E-state index contributed by atoms with van der Waals surface area (Å²) in [5.74, 6) is -0.663. The average molecular weight is 242 g/mol. The maximum atomic E-state index is 11.5. The zero-order chi connectivity index (χ0) is 12.7. The standard InChI is InChI=1S/C13H26N2O2/c1-15(2)11-7-10-14-13(12(16)17)8-5-3-4-6-9-13/h14H,3-11H2,1-2H3,(H,16,17). The second-order valence-corrected chi connectivity index (χ2v) is 5.39. The van der Waals surface area contributed by atoms with Gasteiger partial charge in [0.05, 0.1) is 0 Å². The molecule has 0 heterocycles. The zero-order valence-electron chi connectivity index (χ0n) is 11.2. The highest BCUT2D eigenvalue weighted by Gasteiger charge is 2.37. The van der Waals surface area contributed by atoms with E-state index in [4.69, 9.17) is 0 Å². The van der Waals surface area contributed by atoms with Crippen LogP contribution >= 0.6 is 0 Å². The maximum Gasteiger partial charge on any atom is 0.323 e. The number of aliphatic carboxylic acids is 1. The molecule has 0 saturated heterocycles. The molecule has 0 amide bonds. The van der Waals surface area contributed by atoms with Crippen LogP contribution in [0.4, 0.5) is 0 Å². The molecular weight excluding hydrogens is 216 g/mol. The number of rotatable bonds is 6. The van der Waals surface area contributed by atoms with Crippen molar-refractivity contribution < 1.29 is 9.90 Å². The van der Waals surface area contributed by atoms with Gasteiger partial charge in [-0.2, -0.15) is 0 Å². The lowest BCUT2D eigenvalue weighted by Crippen LogP contribution is -2.52. The van der Waals surface area contributed by atoms with Crippen molar-refractivity contribution >= 4 is 5.97 Å². The van der Waals surface area contributed by atoms with E-state index in [1.165, 1.54) is 12.8 Å². The molecule has 2 N–H and O–H groups in total. The van der Waals surface area contributed by atoms with Gasteiger partial charge >= 0.3 is 5.97 Å². The highest BCUT2D eigenvalue weighted by atomic mass is 16.4. The fourth-order valence-corrected chi connectivity index (χ4v) is 2.52. The summed E-state index contributed by atoms with van der Waals surface area (Å²) in [5.41, 5.74) is -0.650. The minimum Gasteiger partial charge on any atom is -0.480 e. The van der Waals surface area contributed by atoms with Gasteiger partial charge in [-0.1, -0.05) is 25.7 Å². The molecule has 0 aromatic carbocycles. The van der Waals surface area contributed by atoms with Crippen LogP contribution in [-0.2, 0) is 4.79 Å². The highest BCUT2D eigenvalue weighted by Crippen LogP contribution is 2.27. The average Bonchev–Trinajstić information content (AvgIpc) is 2.50. The number of hydrogen-bond donors (Lipinski definition) is 2. The number of carboxylic acids is 1. The van der Waals surface area contributed by atoms with Crippen molar-refractivity contribution in [2.24, 2.45) is 0 Å². The Kier molecular flexibility index (Phi) is 5.92. The van der Waals surface area contributed by atoms with Crippen molar-refractivity contribution in [3.05, 3.63) is 0 Å². The smallest absolute Gasteiger partial charge is 0.323 e. The lowest BCUT2D eigenvalue weighted by atomic mass is 9.90. The Bertz CT molecular complexity index is 234. The predicted molar refractivity (Wildman–Crippen MR) is 69.2 cm³/mol. The molecule has 100 valence electrons. The van der Waals surface area contributed by atoms with Crippen LogP contribution in [0.5, 0.6) is 0 Å². The van der Waals surface area contributed by atoms with E-state index in [1.807, 2.05) is 14.1 Å². The Morgan fingerprint density at radius 2 is 1.82 bits per heavy atom. The molecule has 4 heteroatoms. The molecule has 0 aromatic rings. The van der Waals surface area contributed by atoms with Crippen LogP contribution in [0.3, 0.4) is 0 Å². The Labute approximate surface area is 104 Å². The van der Waals surface area contributed by atoms with E-state index in [1.54, 1.807) is 0 Å². The van der Waals surface area contributed by atoms with Gasteiger partial charge in [0, 0.05) is 0 Å². The van der Waals surface area contributed by atoms with Gasteiger partial charge < -0.3 is 15.3 Å². The van der Waals surface area contributed by atoms with Gasteiger partial charge in [-0.25, -0.2) is 0 Å². The molecule has 0 aromatic heterocycles. The zero-order valence-corrected chi connectivity index (χ0v) is 11.2. The number of nitrogens with one attached hydrogen (secondary N) is 1. The lowest BCUT2D eigenvalue weighted by Gasteiger charge is -2.29. The molecule has 17 heavy (non-hydrogen) atoms. The van der Waals surface area contributed by atoms with Crippen molar-refractivity contribution in [2.45, 2.75) is 50.5 Å². The van der Waals surface area contributed by atoms with Crippen molar-refractivity contribution in [1.29, 1.82) is 0 Å². The first-order valence-electron chi connectivity index (χ1n) is 6.70. The summed E-state index contributed by atoms with van der Waals surface area (Å²) in [4.78, 5) is 13.6. The molecule has 1 aliphatic rings. The second kappa shape index (κ2) is 6.97. The van der Waals surface area contributed by atoms with Gasteiger partial charge in [0.25, 0.3) is 0 Å². The SMILES string of the molecule is CN(C)CCCNC1(C(=O)O)CCCCCC1. The fourth-order valence-electron chi connectivity index (χ4n) is 2.52. The molecule has 1 saturated carbocycles. The van der Waals surface area contributed by atoms with Crippen molar-refractivity contribution in [1.82, 2.24) is 10.2 Å². The van der Waals surface area contributed by atoms with Gasteiger partial charge in [0.15, 0.2) is 0 Å². The molecule has 1 aliphatic carbocycles. The molecule has 1 fully saturated rings. The fraction of sp³-hybridized carbons (Fsp3) is 0.923. The third-order valence-electron chi connectivity index (χ3n) is 3.61. The molecule has 0 radical (unpaired) electrons. The maximum absolute atomic E-state index is 11.5. The van der Waals surface area contributed by atoms with E-state index in [-0.39, 0.29) is 0 Å². The van der Waals surface area contributed by atoms with Crippen molar-refractivity contribution in [3.8, 4) is 0 Å². The second-order valence-electron chi connectivity index (χ2n) is 5.39. The topological polar surface area (TPSA) is 52.6 Å². The first kappa shape index (κ1) is 14.5. The van der Waals surface area contributed by atoms with Gasteiger partial charge in [-0.05, 0) is 46.4 Å². The van der Waals surface area contributed by atoms with Crippen molar-refractivity contribution in [3.63, 3.8) is 0 Å². The van der Waals surface area contributed by atoms with E-state index < -0.39 is 11.5 Å². The monoisotopic (exact) mass is 242 g/mol. The van der Waals surface area contributed by atoms with E-state index in [2.05, 4.69) is 10.2 Å². The predicted octanol–water partition coefficient (Wildman–Crippen LogP) is 1.71. The Morgan fingerprint density at radius 1 is 1.24 bits per heavy atom. The Morgan fingerprint density at radius 3 is 2.29 bits per heavy atom. The quantitative estimate of drug-likeness (QED) is 0.550. The van der Waals surface area contributed by atoms with Crippen molar-refractivity contribution in [2.75, 3.05) is 27.2 Å². The van der Waals surface area contributed by atoms with Crippen LogP contribution in [-0.4, -0.2) is 48.7 Å². The largest absolute Gasteiger partial charge is 0.480 e. The summed E-state index contributed by atoms with van der Waals surface area (Å²) < 4.78 is 0. The summed E-state index contributed by atoms with van der Waals surface area (Å²) in [6, 6.07) is 0. The van der Waals surface area contributed by atoms with Gasteiger partial charge in [0.2, 0.25) is 0 Å². The molecule has 0 spiro atoms.